The van der Waals surface area contributed by atoms with E-state index < -0.39 is 27.9 Å². The lowest BCUT2D eigenvalue weighted by molar-refractivity contribution is -0.138. The first-order chi connectivity index (χ1) is 17.3. The number of benzene rings is 2. The van der Waals surface area contributed by atoms with Crippen LogP contribution in [-0.2, 0) is 14.8 Å². The van der Waals surface area contributed by atoms with E-state index >= 15 is 0 Å². The molecule has 3 N–H and O–H groups in total. The van der Waals surface area contributed by atoms with Crippen LogP contribution in [0.1, 0.15) is 22.5 Å². The zero-order valence-electron chi connectivity index (χ0n) is 18.7. The highest BCUT2D eigenvalue weighted by molar-refractivity contribution is 7.89. The number of sulfonamides is 1. The number of para-hydroxylation sites is 1. The van der Waals surface area contributed by atoms with E-state index in [1.807, 2.05) is 12.1 Å². The van der Waals surface area contributed by atoms with Crippen molar-refractivity contribution in [2.75, 3.05) is 11.9 Å². The molecule has 0 radical (unpaired) electrons. The minimum absolute atomic E-state index is 0.0226. The van der Waals surface area contributed by atoms with E-state index in [1.54, 1.807) is 24.3 Å². The molecule has 2 aromatic carbocycles. The Bertz CT molecular complexity index is 1420. The average molecular weight is 505 g/mol. The van der Waals surface area contributed by atoms with E-state index in [9.17, 15) is 23.1 Å². The summed E-state index contributed by atoms with van der Waals surface area (Å²) in [6, 6.07) is 17.3. The van der Waals surface area contributed by atoms with Crippen LogP contribution in [0.25, 0.3) is 0 Å². The van der Waals surface area contributed by atoms with Crippen LogP contribution in [0.2, 0.25) is 0 Å². The summed E-state index contributed by atoms with van der Waals surface area (Å²) in [4.78, 5) is 27.5. The summed E-state index contributed by atoms with van der Waals surface area (Å²) in [7, 11) is -4.18. The number of aromatic nitrogens is 1. The average Bonchev–Trinajstić information content (AvgIpc) is 2.88. The Labute approximate surface area is 207 Å². The zero-order chi connectivity index (χ0) is 26.0. The molecular weight excluding hydrogens is 484 g/mol. The predicted molar refractivity (Wildman–Crippen MR) is 129 cm³/mol. The molecule has 0 aliphatic heterocycles. The van der Waals surface area contributed by atoms with E-state index in [-0.39, 0.29) is 29.2 Å². The molecule has 0 aliphatic carbocycles. The van der Waals surface area contributed by atoms with Gasteiger partial charge in [-0.15, -0.1) is 0 Å². The lowest BCUT2D eigenvalue weighted by Gasteiger charge is -2.13. The maximum absolute atomic E-state index is 12.7. The molecule has 0 bridgehead atoms. The number of rotatable bonds is 9. The van der Waals surface area contributed by atoms with Gasteiger partial charge in [0.1, 0.15) is 30.2 Å². The van der Waals surface area contributed by atoms with Gasteiger partial charge in [0.15, 0.2) is 0 Å². The number of pyridine rings is 1. The molecule has 1 aromatic heterocycles. The number of nitrogens with zero attached hydrogens (tertiary/aromatic N) is 2. The third-order valence-corrected chi connectivity index (χ3v) is 6.13. The smallest absolute Gasteiger partial charge is 0.322 e. The van der Waals surface area contributed by atoms with Crippen LogP contribution in [-0.4, -0.2) is 43.0 Å². The molecule has 1 heterocycles. The second-order valence-corrected chi connectivity index (χ2v) is 8.91. The predicted octanol–water partition coefficient (Wildman–Crippen LogP) is 2.41. The number of hydrogen-bond donors (Lipinski definition) is 3. The molecule has 0 saturated carbocycles. The number of carbonyl (C=O) groups excluding carboxylic acids is 1. The number of carbonyl (C=O) groups is 2. The number of carboxylic acid groups (broad SMARTS) is 1. The van der Waals surface area contributed by atoms with Crippen LogP contribution >= 0.6 is 0 Å². The number of hydrogen-bond acceptors (Lipinski definition) is 7. The molecule has 3 rings (SSSR count). The molecule has 1 atom stereocenters. The minimum atomic E-state index is -4.18. The van der Waals surface area contributed by atoms with E-state index in [2.05, 4.69) is 26.9 Å². The minimum Gasteiger partial charge on any atom is -0.481 e. The second-order valence-electron chi connectivity index (χ2n) is 7.19. The van der Waals surface area contributed by atoms with E-state index in [0.29, 0.717) is 11.4 Å². The van der Waals surface area contributed by atoms with Crippen molar-refractivity contribution in [1.82, 2.24) is 9.71 Å². The largest absolute Gasteiger partial charge is 0.481 e. The van der Waals surface area contributed by atoms with Gasteiger partial charge in [-0.05, 0) is 48.5 Å². The fraction of sp³-hybridized carbons (Fsp3) is 0.120. The van der Waals surface area contributed by atoms with E-state index in [0.717, 1.165) is 0 Å². The maximum atomic E-state index is 12.7. The van der Waals surface area contributed by atoms with Gasteiger partial charge in [0.2, 0.25) is 10.0 Å². The molecule has 10 nitrogen and oxygen atoms in total. The van der Waals surface area contributed by atoms with Crippen molar-refractivity contribution < 1.29 is 27.9 Å². The van der Waals surface area contributed by atoms with Gasteiger partial charge in [-0.1, -0.05) is 30.0 Å². The monoisotopic (exact) mass is 504 g/mol. The Morgan fingerprint density at radius 2 is 1.75 bits per heavy atom. The summed E-state index contributed by atoms with van der Waals surface area (Å²) < 4.78 is 32.8. The summed E-state index contributed by atoms with van der Waals surface area (Å²) in [6.45, 7) is 0.0226. The number of carboxylic acids is 1. The Balaban J connectivity index is 1.59. The van der Waals surface area contributed by atoms with Crippen LogP contribution in [0.5, 0.6) is 5.75 Å². The second kappa shape index (κ2) is 12.1. The number of anilines is 1. The van der Waals surface area contributed by atoms with Gasteiger partial charge in [-0.2, -0.15) is 9.98 Å². The number of ether oxygens (including phenoxy) is 1. The zero-order valence-corrected chi connectivity index (χ0v) is 19.5. The fourth-order valence-electron chi connectivity index (χ4n) is 2.81. The van der Waals surface area contributed by atoms with Gasteiger partial charge >= 0.3 is 5.97 Å². The van der Waals surface area contributed by atoms with Gasteiger partial charge < -0.3 is 15.2 Å². The van der Waals surface area contributed by atoms with Crippen LogP contribution in [0, 0.1) is 23.2 Å². The number of nitrogens with one attached hydrogen (secondary N) is 2. The lowest BCUT2D eigenvalue weighted by atomic mass is 10.2. The highest BCUT2D eigenvalue weighted by atomic mass is 32.2. The van der Waals surface area contributed by atoms with Crippen molar-refractivity contribution in [2.24, 2.45) is 0 Å². The molecule has 0 spiro atoms. The van der Waals surface area contributed by atoms with Crippen molar-refractivity contribution in [3.05, 3.63) is 84.2 Å². The molecule has 0 saturated heterocycles. The Morgan fingerprint density at radius 1 is 1.03 bits per heavy atom. The molecule has 0 fully saturated rings. The summed E-state index contributed by atoms with van der Waals surface area (Å²) in [5.41, 5.74) is 0.689. The lowest BCUT2D eigenvalue weighted by Crippen LogP contribution is -2.40. The topological polar surface area (TPSA) is 158 Å². The summed E-state index contributed by atoms with van der Waals surface area (Å²) in [5, 5.41) is 20.8. The van der Waals surface area contributed by atoms with Crippen LogP contribution in [0.4, 0.5) is 5.69 Å². The van der Waals surface area contributed by atoms with Gasteiger partial charge in [0.25, 0.3) is 5.91 Å². The Kier molecular flexibility index (Phi) is 8.73. The SMILES string of the molecule is N#Cc1ccc(C(=O)Nc2ccc(S(=O)(=O)NC(CC#CCOc3ccccc3)C(=O)O)cc2)cn1. The van der Waals surface area contributed by atoms with Crippen LogP contribution < -0.4 is 14.8 Å². The maximum Gasteiger partial charge on any atom is 0.322 e. The third-order valence-electron chi connectivity index (χ3n) is 4.64. The molecular formula is C25H20N4O6S. The first-order valence-corrected chi connectivity index (χ1v) is 11.9. The standard InChI is InChI=1S/C25H20N4O6S/c26-16-20-10-9-18(17-27-20)24(30)28-19-11-13-22(14-12-19)36(33,34)29-23(25(31)32)8-4-5-15-35-21-6-2-1-3-7-21/h1-3,6-7,9-14,17,23,29H,8,15H2,(H,28,30)(H,31,32). The quantitative estimate of drug-likeness (QED) is 0.375. The molecule has 3 aromatic rings. The van der Waals surface area contributed by atoms with Gasteiger partial charge in [0, 0.05) is 18.3 Å². The van der Waals surface area contributed by atoms with Crippen molar-refractivity contribution in [1.29, 1.82) is 5.26 Å². The number of amides is 1. The molecule has 0 aliphatic rings. The Hall–Kier alpha value is -4.71. The van der Waals surface area contributed by atoms with Gasteiger partial charge in [0.05, 0.1) is 10.5 Å². The van der Waals surface area contributed by atoms with Crippen LogP contribution in [0.3, 0.4) is 0 Å². The normalized spacial score (nSPS) is 11.3. The molecule has 1 unspecified atom stereocenters. The summed E-state index contributed by atoms with van der Waals surface area (Å²) in [5.74, 6) is 4.00. The van der Waals surface area contributed by atoms with Crippen molar-refractivity contribution >= 4 is 27.6 Å². The first kappa shape index (κ1) is 25.9. The van der Waals surface area contributed by atoms with Gasteiger partial charge in [-0.25, -0.2) is 13.4 Å². The highest BCUT2D eigenvalue weighted by Crippen LogP contribution is 2.16. The van der Waals surface area contributed by atoms with Crippen molar-refractivity contribution in [3.63, 3.8) is 0 Å². The summed E-state index contributed by atoms with van der Waals surface area (Å²) in [6.07, 6.45) is 0.985. The number of nitriles is 1. The molecule has 182 valence electrons. The van der Waals surface area contributed by atoms with Crippen LogP contribution in [0.15, 0.2) is 77.8 Å². The molecule has 1 amide bonds. The molecule has 11 heteroatoms. The van der Waals surface area contributed by atoms with Gasteiger partial charge in [-0.3, -0.25) is 9.59 Å². The highest BCUT2D eigenvalue weighted by Gasteiger charge is 2.24. The molecule has 36 heavy (non-hydrogen) atoms. The van der Waals surface area contributed by atoms with E-state index in [4.69, 9.17) is 10.00 Å². The Morgan fingerprint density at radius 3 is 2.36 bits per heavy atom. The fourth-order valence-corrected chi connectivity index (χ4v) is 4.00. The van der Waals surface area contributed by atoms with Crippen molar-refractivity contribution in [3.8, 4) is 23.7 Å². The number of aliphatic carboxylic acids is 1. The van der Waals surface area contributed by atoms with Crippen molar-refractivity contribution in [2.45, 2.75) is 17.4 Å². The first-order valence-electron chi connectivity index (χ1n) is 10.4. The van der Waals surface area contributed by atoms with E-state index in [1.165, 1.54) is 42.6 Å². The third kappa shape index (κ3) is 7.40. The summed E-state index contributed by atoms with van der Waals surface area (Å²) >= 11 is 0.